The zero-order chi connectivity index (χ0) is 16.9. The molecular formula is C18H31N5O. The Kier molecular flexibility index (Phi) is 9.19. The van der Waals surface area contributed by atoms with Crippen LogP contribution < -0.4 is 5.32 Å². The molecule has 0 amide bonds. The Hall–Kier alpha value is -1.66. The summed E-state index contributed by atoms with van der Waals surface area (Å²) in [6.45, 7) is 5.94. The summed E-state index contributed by atoms with van der Waals surface area (Å²) < 4.78 is 9.89. The van der Waals surface area contributed by atoms with Crippen LogP contribution >= 0.6 is 0 Å². The van der Waals surface area contributed by atoms with Gasteiger partial charge in [-0.1, -0.05) is 26.2 Å². The lowest BCUT2D eigenvalue weighted by atomic mass is 10.2. The van der Waals surface area contributed by atoms with Gasteiger partial charge in [-0.05, 0) is 32.4 Å². The highest BCUT2D eigenvalue weighted by Crippen LogP contribution is 2.13. The molecular weight excluding hydrogens is 302 g/mol. The maximum absolute atomic E-state index is 5.66. The number of imidazole rings is 2. The number of unbranched alkanes of at least 4 members (excludes halogenated alkanes) is 3. The van der Waals surface area contributed by atoms with Crippen LogP contribution in [-0.4, -0.2) is 45.4 Å². The molecule has 2 aromatic rings. The fraction of sp³-hybridized carbons (Fsp3) is 0.667. The van der Waals surface area contributed by atoms with Crippen molar-refractivity contribution >= 4 is 0 Å². The van der Waals surface area contributed by atoms with E-state index in [1.54, 1.807) is 0 Å². The Morgan fingerprint density at radius 2 is 1.62 bits per heavy atom. The van der Waals surface area contributed by atoms with Crippen molar-refractivity contribution in [1.82, 2.24) is 24.4 Å². The zero-order valence-electron chi connectivity index (χ0n) is 14.8. The molecule has 0 fully saturated rings. The van der Waals surface area contributed by atoms with Crippen LogP contribution in [0.4, 0.5) is 0 Å². The highest BCUT2D eigenvalue weighted by molar-refractivity contribution is 4.86. The summed E-state index contributed by atoms with van der Waals surface area (Å²) in [5.41, 5.74) is 0. The number of nitrogens with one attached hydrogen (secondary N) is 1. The van der Waals surface area contributed by atoms with E-state index in [1.807, 2.05) is 37.4 Å². The van der Waals surface area contributed by atoms with Crippen LogP contribution in [0.25, 0.3) is 0 Å². The number of ether oxygens (including phenoxy) is 1. The fourth-order valence-corrected chi connectivity index (χ4v) is 2.73. The predicted octanol–water partition coefficient (Wildman–Crippen LogP) is 3.09. The number of nitrogens with zero attached hydrogens (tertiary/aromatic N) is 4. The first-order valence-corrected chi connectivity index (χ1v) is 9.15. The largest absolute Gasteiger partial charge is 0.381 e. The molecule has 134 valence electrons. The van der Waals surface area contributed by atoms with Crippen molar-refractivity contribution in [3.8, 4) is 0 Å². The van der Waals surface area contributed by atoms with Gasteiger partial charge in [-0.15, -0.1) is 0 Å². The normalized spacial score (nSPS) is 11.4. The highest BCUT2D eigenvalue weighted by Gasteiger charge is 2.11. The molecule has 0 radical (unpaired) electrons. The maximum Gasteiger partial charge on any atom is 0.113 e. The first-order valence-electron chi connectivity index (χ1n) is 9.15. The molecule has 0 aliphatic heterocycles. The molecule has 0 aromatic carbocycles. The van der Waals surface area contributed by atoms with E-state index in [2.05, 4.69) is 31.3 Å². The van der Waals surface area contributed by atoms with Crippen LogP contribution in [-0.2, 0) is 4.74 Å². The predicted molar refractivity (Wildman–Crippen MR) is 96.0 cm³/mol. The van der Waals surface area contributed by atoms with E-state index in [4.69, 9.17) is 4.74 Å². The van der Waals surface area contributed by atoms with Gasteiger partial charge in [-0.2, -0.15) is 0 Å². The summed E-state index contributed by atoms with van der Waals surface area (Å²) in [4.78, 5) is 8.30. The van der Waals surface area contributed by atoms with Gasteiger partial charge in [-0.25, -0.2) is 9.97 Å². The minimum atomic E-state index is 0.220. The monoisotopic (exact) mass is 333 g/mol. The van der Waals surface area contributed by atoms with E-state index in [0.717, 1.165) is 39.1 Å². The third kappa shape index (κ3) is 6.84. The second kappa shape index (κ2) is 11.8. The van der Waals surface area contributed by atoms with E-state index in [1.165, 1.54) is 25.7 Å². The number of hydrogen-bond acceptors (Lipinski definition) is 4. The molecule has 0 unspecified atom stereocenters. The summed E-state index contributed by atoms with van der Waals surface area (Å²) in [5, 5.41) is 3.50. The van der Waals surface area contributed by atoms with Crippen LogP contribution in [0.15, 0.2) is 37.4 Å². The molecule has 24 heavy (non-hydrogen) atoms. The summed E-state index contributed by atoms with van der Waals surface area (Å²) in [7, 11) is 0. The quantitative estimate of drug-likeness (QED) is 0.540. The average Bonchev–Trinajstić information content (AvgIpc) is 3.30. The molecule has 0 atom stereocenters. The number of aromatic nitrogens is 4. The first-order chi connectivity index (χ1) is 11.9. The van der Waals surface area contributed by atoms with Crippen molar-refractivity contribution in [1.29, 1.82) is 0 Å². The third-order valence-electron chi connectivity index (χ3n) is 4.10. The topological polar surface area (TPSA) is 56.9 Å². The Balaban J connectivity index is 1.54. The average molecular weight is 333 g/mol. The van der Waals surface area contributed by atoms with Crippen molar-refractivity contribution in [2.24, 2.45) is 0 Å². The van der Waals surface area contributed by atoms with Crippen LogP contribution in [0.2, 0.25) is 0 Å². The van der Waals surface area contributed by atoms with E-state index in [0.29, 0.717) is 0 Å². The van der Waals surface area contributed by atoms with Crippen molar-refractivity contribution < 1.29 is 4.74 Å². The molecule has 2 rings (SSSR count). The standard InChI is InChI=1S/C18H31N5O/c1-2-3-4-5-14-24-15-6-8-19-9-7-18(22-12-10-20-16-22)23-13-11-21-17-23/h10-13,16-19H,2-9,14-15H2,1H3. The summed E-state index contributed by atoms with van der Waals surface area (Å²) in [5.74, 6) is 0. The molecule has 1 N–H and O–H groups in total. The highest BCUT2D eigenvalue weighted by atomic mass is 16.5. The first kappa shape index (κ1) is 18.7. The lowest BCUT2D eigenvalue weighted by Crippen LogP contribution is -2.24. The maximum atomic E-state index is 5.66. The molecule has 0 bridgehead atoms. The minimum Gasteiger partial charge on any atom is -0.381 e. The SMILES string of the molecule is CCCCCCOCCCNCCC(n1ccnc1)n1ccnc1. The van der Waals surface area contributed by atoms with Crippen LogP contribution in [0.5, 0.6) is 0 Å². The smallest absolute Gasteiger partial charge is 0.113 e. The van der Waals surface area contributed by atoms with Crippen LogP contribution in [0.3, 0.4) is 0 Å². The van der Waals surface area contributed by atoms with Crippen LogP contribution in [0.1, 0.15) is 51.6 Å². The van der Waals surface area contributed by atoms with Gasteiger partial charge >= 0.3 is 0 Å². The Labute approximate surface area is 145 Å². The third-order valence-corrected chi connectivity index (χ3v) is 4.10. The summed E-state index contributed by atoms with van der Waals surface area (Å²) in [6.07, 6.45) is 18.7. The lowest BCUT2D eigenvalue weighted by Gasteiger charge is -2.20. The second-order valence-corrected chi connectivity index (χ2v) is 6.07. The Bertz CT molecular complexity index is 463. The Morgan fingerprint density at radius 1 is 0.917 bits per heavy atom. The van der Waals surface area contributed by atoms with E-state index < -0.39 is 0 Å². The Morgan fingerprint density at radius 3 is 2.25 bits per heavy atom. The number of hydrogen-bond donors (Lipinski definition) is 1. The van der Waals surface area contributed by atoms with Crippen molar-refractivity contribution in [2.45, 2.75) is 51.6 Å². The van der Waals surface area contributed by atoms with Crippen molar-refractivity contribution in [2.75, 3.05) is 26.3 Å². The molecule has 0 spiro atoms. The van der Waals surface area contributed by atoms with Gasteiger partial charge in [0.2, 0.25) is 0 Å². The van der Waals surface area contributed by atoms with E-state index >= 15 is 0 Å². The second-order valence-electron chi connectivity index (χ2n) is 6.07. The zero-order valence-corrected chi connectivity index (χ0v) is 14.8. The molecule has 2 aromatic heterocycles. The number of rotatable bonds is 14. The van der Waals surface area contributed by atoms with Gasteiger partial charge in [-0.3, -0.25) is 0 Å². The lowest BCUT2D eigenvalue weighted by molar-refractivity contribution is 0.127. The summed E-state index contributed by atoms with van der Waals surface area (Å²) >= 11 is 0. The van der Waals surface area contributed by atoms with Gasteiger partial charge in [0.25, 0.3) is 0 Å². The molecule has 6 nitrogen and oxygen atoms in total. The molecule has 0 saturated heterocycles. The van der Waals surface area contributed by atoms with Gasteiger partial charge in [0, 0.05) is 38.0 Å². The van der Waals surface area contributed by atoms with Crippen molar-refractivity contribution in [3.63, 3.8) is 0 Å². The molecule has 6 heteroatoms. The van der Waals surface area contributed by atoms with Gasteiger partial charge in [0.05, 0.1) is 12.7 Å². The summed E-state index contributed by atoms with van der Waals surface area (Å²) in [6, 6.07) is 0. The van der Waals surface area contributed by atoms with E-state index in [9.17, 15) is 0 Å². The molecule has 0 aliphatic carbocycles. The van der Waals surface area contributed by atoms with Crippen molar-refractivity contribution in [3.05, 3.63) is 37.4 Å². The van der Waals surface area contributed by atoms with Gasteiger partial charge in [0.15, 0.2) is 0 Å². The van der Waals surface area contributed by atoms with Gasteiger partial charge < -0.3 is 19.2 Å². The van der Waals surface area contributed by atoms with Crippen LogP contribution in [0, 0.1) is 0 Å². The fourth-order valence-electron chi connectivity index (χ4n) is 2.73. The molecule has 2 heterocycles. The molecule has 0 aliphatic rings. The van der Waals surface area contributed by atoms with Gasteiger partial charge in [0.1, 0.15) is 6.17 Å². The molecule has 0 saturated carbocycles. The van der Waals surface area contributed by atoms with E-state index in [-0.39, 0.29) is 6.17 Å². The minimum absolute atomic E-state index is 0.220.